The first-order valence-corrected chi connectivity index (χ1v) is 14.2. The quantitative estimate of drug-likeness (QED) is 0.329. The fourth-order valence-corrected chi connectivity index (χ4v) is 9.45. The van der Waals surface area contributed by atoms with Crippen LogP contribution >= 0.6 is 0 Å². The third kappa shape index (κ3) is 3.63. The van der Waals surface area contributed by atoms with Crippen LogP contribution in [0.1, 0.15) is 86.0 Å². The van der Waals surface area contributed by atoms with Gasteiger partial charge in [-0.1, -0.05) is 27.7 Å². The Morgan fingerprint density at radius 3 is 2.38 bits per heavy atom. The zero-order chi connectivity index (χ0) is 27.3. The minimum atomic E-state index is -1.44. The smallest absolute Gasteiger partial charge is 0.160 e. The van der Waals surface area contributed by atoms with Gasteiger partial charge in [0, 0.05) is 23.7 Å². The molecule has 0 aromatic rings. The van der Waals surface area contributed by atoms with Crippen molar-refractivity contribution < 1.29 is 40.2 Å². The van der Waals surface area contributed by atoms with Crippen molar-refractivity contribution in [3.05, 3.63) is 11.6 Å². The van der Waals surface area contributed by atoms with Gasteiger partial charge in [0.15, 0.2) is 12.1 Å². The first-order chi connectivity index (χ1) is 17.0. The van der Waals surface area contributed by atoms with E-state index in [0.29, 0.717) is 44.1 Å². The van der Waals surface area contributed by atoms with Gasteiger partial charge in [-0.15, -0.1) is 0 Å². The van der Waals surface area contributed by atoms with Gasteiger partial charge in [-0.3, -0.25) is 4.79 Å². The van der Waals surface area contributed by atoms with Crippen LogP contribution in [0.15, 0.2) is 11.6 Å². The summed E-state index contributed by atoms with van der Waals surface area (Å²) in [7, 11) is 0. The number of ketones is 1. The maximum atomic E-state index is 13.4. The summed E-state index contributed by atoms with van der Waals surface area (Å²) in [5.41, 5.74) is -4.52. The highest BCUT2D eigenvalue weighted by atomic mass is 16.6. The van der Waals surface area contributed by atoms with E-state index in [1.807, 2.05) is 20.8 Å². The fraction of sp³-hybridized carbons (Fsp3) is 0.897. The molecule has 0 aromatic heterocycles. The molecule has 0 unspecified atom stereocenters. The second-order valence-electron chi connectivity index (χ2n) is 13.8. The fourth-order valence-electron chi connectivity index (χ4n) is 9.45. The van der Waals surface area contributed by atoms with Crippen molar-refractivity contribution in [2.45, 2.75) is 127 Å². The number of carbonyl (C=O) groups is 1. The highest BCUT2D eigenvalue weighted by molar-refractivity contribution is 5.95. The lowest BCUT2D eigenvalue weighted by molar-refractivity contribution is -0.297. The van der Waals surface area contributed by atoms with Crippen LogP contribution in [0.3, 0.4) is 0 Å². The van der Waals surface area contributed by atoms with Crippen molar-refractivity contribution in [2.75, 3.05) is 0 Å². The van der Waals surface area contributed by atoms with Gasteiger partial charge in [-0.25, -0.2) is 0 Å². The van der Waals surface area contributed by atoms with E-state index in [2.05, 4.69) is 0 Å². The molecule has 4 fully saturated rings. The van der Waals surface area contributed by atoms with Gasteiger partial charge < -0.3 is 35.4 Å². The first kappa shape index (κ1) is 27.7. The van der Waals surface area contributed by atoms with Gasteiger partial charge in [-0.2, -0.15) is 0 Å². The van der Waals surface area contributed by atoms with Gasteiger partial charge in [0.25, 0.3) is 0 Å². The molecular weight excluding hydrogens is 476 g/mol. The molecule has 1 heterocycles. The van der Waals surface area contributed by atoms with Crippen LogP contribution in [0.4, 0.5) is 0 Å². The van der Waals surface area contributed by atoms with Gasteiger partial charge in [0.05, 0.1) is 35.1 Å². The molecule has 210 valence electrons. The zero-order valence-corrected chi connectivity index (χ0v) is 22.9. The molecule has 37 heavy (non-hydrogen) atoms. The van der Waals surface area contributed by atoms with Crippen molar-refractivity contribution in [1.82, 2.24) is 0 Å². The molecule has 0 aromatic carbocycles. The average Bonchev–Trinajstić information content (AvgIpc) is 3.11. The summed E-state index contributed by atoms with van der Waals surface area (Å²) in [6.45, 7) is 9.31. The van der Waals surface area contributed by atoms with Gasteiger partial charge >= 0.3 is 0 Å². The molecule has 5 rings (SSSR count). The Morgan fingerprint density at radius 2 is 1.73 bits per heavy atom. The van der Waals surface area contributed by atoms with Crippen LogP contribution in [0.25, 0.3) is 0 Å². The predicted molar refractivity (Wildman–Crippen MR) is 135 cm³/mol. The third-order valence-corrected chi connectivity index (χ3v) is 12.2. The second-order valence-corrected chi connectivity index (χ2v) is 13.8. The highest BCUT2D eigenvalue weighted by Crippen LogP contribution is 2.69. The lowest BCUT2D eigenvalue weighted by Crippen LogP contribution is -2.65. The summed E-state index contributed by atoms with van der Waals surface area (Å²) in [4.78, 5) is 13.4. The number of carbonyl (C=O) groups excluding carboxylic acids is 1. The van der Waals surface area contributed by atoms with Crippen LogP contribution in [0.2, 0.25) is 0 Å². The molecule has 0 spiro atoms. The minimum Gasteiger partial charge on any atom is -0.390 e. The zero-order valence-electron chi connectivity index (χ0n) is 22.9. The van der Waals surface area contributed by atoms with Crippen molar-refractivity contribution >= 4 is 5.78 Å². The van der Waals surface area contributed by atoms with E-state index in [1.165, 1.54) is 0 Å². The third-order valence-electron chi connectivity index (χ3n) is 12.2. The Kier molecular flexibility index (Phi) is 6.41. The number of ether oxygens (including phenoxy) is 1. The molecule has 4 aliphatic carbocycles. The molecule has 6 N–H and O–H groups in total. The molecule has 8 nitrogen and oxygen atoms in total. The standard InChI is InChI=1S/C29H46O8/c1-6-28(35)14-23(37-24(33)15(28)2)27(5,34)22-8-10-29(36)17-11-19(30)18-12-20(31)21(32)13-25(18,3)16(17)7-9-26(22,29)4/h11,15-16,18,20-24,31-36H,6-10,12-14H2,1-5H3/t15-,16+,18+,20-,21+,22+,23-,24+,25-,26-,27-,28-,29-/m1/s1. The van der Waals surface area contributed by atoms with E-state index in [-0.39, 0.29) is 24.5 Å². The minimum absolute atomic E-state index is 0.0992. The van der Waals surface area contributed by atoms with Gasteiger partial charge in [0.2, 0.25) is 0 Å². The first-order valence-electron chi connectivity index (χ1n) is 14.2. The average molecular weight is 523 g/mol. The van der Waals surface area contributed by atoms with Gasteiger partial charge in [0.1, 0.15) is 0 Å². The highest BCUT2D eigenvalue weighted by Gasteiger charge is 2.70. The summed E-state index contributed by atoms with van der Waals surface area (Å²) in [6.07, 6.45) is 1.11. The topological polar surface area (TPSA) is 148 Å². The van der Waals surface area contributed by atoms with E-state index in [1.54, 1.807) is 19.9 Å². The molecule has 0 bridgehead atoms. The molecular formula is C29H46O8. The Morgan fingerprint density at radius 1 is 1.05 bits per heavy atom. The van der Waals surface area contributed by atoms with E-state index in [4.69, 9.17) is 4.74 Å². The Hall–Kier alpha value is -0.870. The van der Waals surface area contributed by atoms with Crippen molar-refractivity contribution in [1.29, 1.82) is 0 Å². The normalized spacial score (nSPS) is 55.5. The summed E-state index contributed by atoms with van der Waals surface area (Å²) < 4.78 is 5.91. The largest absolute Gasteiger partial charge is 0.390 e. The summed E-state index contributed by atoms with van der Waals surface area (Å²) >= 11 is 0. The number of hydrogen-bond donors (Lipinski definition) is 6. The maximum Gasteiger partial charge on any atom is 0.160 e. The number of fused-ring (bicyclic) bond motifs is 5. The molecule has 3 saturated carbocycles. The summed E-state index contributed by atoms with van der Waals surface area (Å²) in [5, 5.41) is 67.1. The van der Waals surface area contributed by atoms with E-state index in [9.17, 15) is 35.4 Å². The van der Waals surface area contributed by atoms with E-state index in [0.717, 1.165) is 0 Å². The number of aliphatic hydroxyl groups is 6. The number of aliphatic hydroxyl groups excluding tert-OH is 3. The van der Waals surface area contributed by atoms with Crippen molar-refractivity contribution in [3.63, 3.8) is 0 Å². The second kappa shape index (κ2) is 8.56. The lowest BCUT2D eigenvalue weighted by atomic mass is 9.45. The summed E-state index contributed by atoms with van der Waals surface area (Å²) in [6, 6.07) is 0. The summed E-state index contributed by atoms with van der Waals surface area (Å²) in [5.74, 6) is -1.48. The Bertz CT molecular complexity index is 979. The van der Waals surface area contributed by atoms with Crippen LogP contribution in [0, 0.1) is 34.5 Å². The number of rotatable bonds is 3. The number of hydrogen-bond acceptors (Lipinski definition) is 8. The van der Waals surface area contributed by atoms with Crippen LogP contribution in [0.5, 0.6) is 0 Å². The molecule has 5 aliphatic rings. The molecule has 0 radical (unpaired) electrons. The van der Waals surface area contributed by atoms with Crippen molar-refractivity contribution in [3.8, 4) is 0 Å². The molecule has 0 amide bonds. The van der Waals surface area contributed by atoms with E-state index >= 15 is 0 Å². The van der Waals surface area contributed by atoms with Crippen LogP contribution in [-0.2, 0) is 9.53 Å². The molecule has 13 atom stereocenters. The molecule has 1 aliphatic heterocycles. The van der Waals surface area contributed by atoms with Crippen molar-refractivity contribution in [2.24, 2.45) is 34.5 Å². The maximum absolute atomic E-state index is 13.4. The molecule has 8 heteroatoms. The Balaban J connectivity index is 1.49. The predicted octanol–water partition coefficient (Wildman–Crippen LogP) is 1.83. The SMILES string of the molecule is CC[C@@]1(O)C[C@H]([C@](C)(O)[C@H]2CC[C@@]3(O)C4=CC(=O)[C@@H]5C[C@@H](O)[C@@H](O)C[C@]5(C)[C@H]4CC[C@]23C)O[C@H](O)[C@H]1C. The molecule has 1 saturated heterocycles. The van der Waals surface area contributed by atoms with Crippen LogP contribution < -0.4 is 0 Å². The lowest BCUT2D eigenvalue weighted by Gasteiger charge is -2.61. The number of allylic oxidation sites excluding steroid dienone is 1. The monoisotopic (exact) mass is 522 g/mol. The van der Waals surface area contributed by atoms with Gasteiger partial charge in [-0.05, 0) is 80.8 Å². The Labute approximate surface area is 219 Å². The van der Waals surface area contributed by atoms with Crippen LogP contribution in [-0.4, -0.2) is 77.8 Å². The van der Waals surface area contributed by atoms with E-state index < -0.39 is 70.0 Å².